The minimum absolute atomic E-state index is 0.0849. The van der Waals surface area contributed by atoms with Crippen molar-refractivity contribution in [2.45, 2.75) is 25.2 Å². The monoisotopic (exact) mass is 476 g/mol. The summed E-state index contributed by atoms with van der Waals surface area (Å²) in [7, 11) is -3.74. The zero-order chi connectivity index (χ0) is 23.8. The number of amides is 1. The van der Waals surface area contributed by atoms with Gasteiger partial charge in [0, 0.05) is 6.54 Å². The van der Waals surface area contributed by atoms with E-state index in [9.17, 15) is 13.2 Å². The van der Waals surface area contributed by atoms with Gasteiger partial charge in [-0.2, -0.15) is 0 Å². The van der Waals surface area contributed by atoms with E-state index in [0.29, 0.717) is 12.5 Å². The fraction of sp³-hybridized carbons (Fsp3) is 0.321. The largest absolute Gasteiger partial charge is 0.302 e. The van der Waals surface area contributed by atoms with Crippen LogP contribution in [-0.4, -0.2) is 44.6 Å². The van der Waals surface area contributed by atoms with Crippen molar-refractivity contribution in [2.75, 3.05) is 25.4 Å². The molecule has 0 unspecified atom stereocenters. The Balaban J connectivity index is 1.31. The molecule has 0 spiro atoms. The van der Waals surface area contributed by atoms with Crippen LogP contribution in [0, 0.1) is 5.92 Å². The van der Waals surface area contributed by atoms with E-state index in [1.807, 2.05) is 66.7 Å². The Morgan fingerprint density at radius 1 is 0.824 bits per heavy atom. The van der Waals surface area contributed by atoms with Gasteiger partial charge >= 0.3 is 0 Å². The second-order valence-electron chi connectivity index (χ2n) is 9.01. The first kappa shape index (κ1) is 24.2. The quantitative estimate of drug-likeness (QED) is 0.502. The summed E-state index contributed by atoms with van der Waals surface area (Å²) in [6.45, 7) is 2.21. The summed E-state index contributed by atoms with van der Waals surface area (Å²) >= 11 is 0. The molecule has 1 saturated heterocycles. The Morgan fingerprint density at radius 3 is 1.85 bits per heavy atom. The maximum absolute atomic E-state index is 13.1. The molecule has 1 aliphatic heterocycles. The Morgan fingerprint density at radius 2 is 1.32 bits per heavy atom. The minimum Gasteiger partial charge on any atom is -0.302 e. The van der Waals surface area contributed by atoms with E-state index in [-0.39, 0.29) is 5.75 Å². The van der Waals surface area contributed by atoms with E-state index in [4.69, 9.17) is 0 Å². The third-order valence-electron chi connectivity index (χ3n) is 6.53. The van der Waals surface area contributed by atoms with E-state index >= 15 is 0 Å². The third kappa shape index (κ3) is 6.78. The van der Waals surface area contributed by atoms with Crippen LogP contribution in [0.25, 0.3) is 0 Å². The summed E-state index contributed by atoms with van der Waals surface area (Å²) in [4.78, 5) is 15.3. The lowest BCUT2D eigenvalue weighted by Crippen LogP contribution is -2.42. The van der Waals surface area contributed by atoms with Crippen molar-refractivity contribution in [3.05, 3.63) is 108 Å². The molecule has 34 heavy (non-hydrogen) atoms. The number of benzene rings is 3. The molecule has 1 heterocycles. The van der Waals surface area contributed by atoms with Crippen molar-refractivity contribution < 1.29 is 13.2 Å². The molecule has 1 fully saturated rings. The lowest BCUT2D eigenvalue weighted by Gasteiger charge is -2.32. The Hall–Kier alpha value is -2.96. The van der Waals surface area contributed by atoms with E-state index in [1.165, 1.54) is 5.56 Å². The van der Waals surface area contributed by atoms with Crippen molar-refractivity contribution in [3.63, 3.8) is 0 Å². The van der Waals surface area contributed by atoms with Crippen LogP contribution >= 0.6 is 0 Å². The second kappa shape index (κ2) is 11.4. The molecule has 6 heteroatoms. The van der Waals surface area contributed by atoms with Crippen LogP contribution in [0.2, 0.25) is 0 Å². The molecule has 1 N–H and O–H groups in total. The van der Waals surface area contributed by atoms with E-state index in [1.54, 1.807) is 0 Å². The number of sulfonamides is 1. The number of likely N-dealkylation sites (tertiary alicyclic amines) is 1. The summed E-state index contributed by atoms with van der Waals surface area (Å²) in [5.41, 5.74) is 2.89. The van der Waals surface area contributed by atoms with Crippen molar-refractivity contribution in [1.82, 2.24) is 9.62 Å². The van der Waals surface area contributed by atoms with E-state index in [2.05, 4.69) is 33.9 Å². The molecule has 3 aromatic carbocycles. The fourth-order valence-electron chi connectivity index (χ4n) is 4.66. The molecule has 0 atom stereocenters. The standard InChI is InChI=1S/C28H32N2O3S/c31-28(27(25-12-6-2-7-13-25)26-14-8-3-9-15-26)29-34(32,33)21-20-30-18-16-24(17-19-30)22-23-10-4-1-5-11-23/h1-15,24,27H,16-22H2,(H,29,31). The van der Waals surface area contributed by atoms with E-state index < -0.39 is 21.8 Å². The van der Waals surface area contributed by atoms with Gasteiger partial charge in [0.1, 0.15) is 0 Å². The van der Waals surface area contributed by atoms with Gasteiger partial charge in [0.25, 0.3) is 0 Å². The first-order chi connectivity index (χ1) is 16.5. The van der Waals surface area contributed by atoms with Crippen molar-refractivity contribution in [3.8, 4) is 0 Å². The Bertz CT molecular complexity index is 1100. The number of nitrogens with one attached hydrogen (secondary N) is 1. The van der Waals surface area contributed by atoms with Crippen LogP contribution in [0.1, 0.15) is 35.4 Å². The molecule has 0 aliphatic carbocycles. The van der Waals surface area contributed by atoms with Gasteiger partial charge in [0.05, 0.1) is 11.7 Å². The maximum atomic E-state index is 13.1. The average Bonchev–Trinajstić information content (AvgIpc) is 2.85. The van der Waals surface area contributed by atoms with Crippen LogP contribution in [0.4, 0.5) is 0 Å². The van der Waals surface area contributed by atoms with Crippen molar-refractivity contribution in [1.29, 1.82) is 0 Å². The smallest absolute Gasteiger partial charge is 0.245 e. The van der Waals surface area contributed by atoms with Gasteiger partial charge in [0.15, 0.2) is 0 Å². The highest BCUT2D eigenvalue weighted by Gasteiger charge is 2.27. The molecule has 0 radical (unpaired) electrons. The second-order valence-corrected chi connectivity index (χ2v) is 10.9. The predicted octanol–water partition coefficient (Wildman–Crippen LogP) is 4.22. The van der Waals surface area contributed by atoms with Crippen LogP contribution in [0.5, 0.6) is 0 Å². The molecule has 0 saturated carbocycles. The van der Waals surface area contributed by atoms with Crippen LogP contribution in [0.3, 0.4) is 0 Å². The molecular formula is C28H32N2O3S. The van der Waals surface area contributed by atoms with Gasteiger partial charge in [-0.05, 0) is 55.0 Å². The number of hydrogen-bond donors (Lipinski definition) is 1. The molecule has 1 amide bonds. The molecule has 3 aromatic rings. The normalized spacial score (nSPS) is 15.3. The number of hydrogen-bond acceptors (Lipinski definition) is 4. The molecule has 4 rings (SSSR count). The first-order valence-electron chi connectivity index (χ1n) is 11.9. The van der Waals surface area contributed by atoms with Gasteiger partial charge in [-0.3, -0.25) is 9.52 Å². The van der Waals surface area contributed by atoms with E-state index in [0.717, 1.165) is 43.5 Å². The van der Waals surface area contributed by atoms with Gasteiger partial charge in [-0.25, -0.2) is 8.42 Å². The number of piperidine rings is 1. The average molecular weight is 477 g/mol. The minimum atomic E-state index is -3.74. The highest BCUT2D eigenvalue weighted by Crippen LogP contribution is 2.25. The highest BCUT2D eigenvalue weighted by molar-refractivity contribution is 7.90. The highest BCUT2D eigenvalue weighted by atomic mass is 32.2. The number of carbonyl (C=O) groups excluding carboxylic acids is 1. The number of carbonyl (C=O) groups is 1. The van der Waals surface area contributed by atoms with Gasteiger partial charge in [0.2, 0.25) is 15.9 Å². The van der Waals surface area contributed by atoms with Gasteiger partial charge < -0.3 is 4.90 Å². The molecule has 178 valence electrons. The van der Waals surface area contributed by atoms with Crippen LogP contribution < -0.4 is 4.72 Å². The number of rotatable bonds is 9. The third-order valence-corrected chi connectivity index (χ3v) is 7.77. The van der Waals surface area contributed by atoms with Crippen molar-refractivity contribution >= 4 is 15.9 Å². The lowest BCUT2D eigenvalue weighted by molar-refractivity contribution is -0.119. The van der Waals surface area contributed by atoms with Gasteiger partial charge in [-0.15, -0.1) is 0 Å². The topological polar surface area (TPSA) is 66.5 Å². The zero-order valence-electron chi connectivity index (χ0n) is 19.3. The Labute approximate surface area is 202 Å². The maximum Gasteiger partial charge on any atom is 0.245 e. The van der Waals surface area contributed by atoms with Crippen LogP contribution in [0.15, 0.2) is 91.0 Å². The Kier molecular flexibility index (Phi) is 8.14. The lowest BCUT2D eigenvalue weighted by atomic mass is 9.90. The molecule has 1 aliphatic rings. The summed E-state index contributed by atoms with van der Waals surface area (Å²) < 4.78 is 27.9. The fourth-order valence-corrected chi connectivity index (χ4v) is 5.69. The number of nitrogens with zero attached hydrogens (tertiary/aromatic N) is 1. The molecule has 0 aromatic heterocycles. The predicted molar refractivity (Wildman–Crippen MR) is 136 cm³/mol. The molecule has 0 bridgehead atoms. The SMILES string of the molecule is O=C(NS(=O)(=O)CCN1CCC(Cc2ccccc2)CC1)C(c1ccccc1)c1ccccc1. The van der Waals surface area contributed by atoms with Crippen LogP contribution in [-0.2, 0) is 21.2 Å². The zero-order valence-corrected chi connectivity index (χ0v) is 20.2. The first-order valence-corrected chi connectivity index (χ1v) is 13.6. The summed E-state index contributed by atoms with van der Waals surface area (Å²) in [6, 6.07) is 29.1. The summed E-state index contributed by atoms with van der Waals surface area (Å²) in [5.74, 6) is -0.643. The van der Waals surface area contributed by atoms with Gasteiger partial charge in [-0.1, -0.05) is 91.0 Å². The molecule has 5 nitrogen and oxygen atoms in total. The summed E-state index contributed by atoms with van der Waals surface area (Å²) in [6.07, 6.45) is 3.19. The summed E-state index contributed by atoms with van der Waals surface area (Å²) in [5, 5.41) is 0. The molecular weight excluding hydrogens is 444 g/mol. The van der Waals surface area contributed by atoms with Crippen molar-refractivity contribution in [2.24, 2.45) is 5.92 Å².